The van der Waals surface area contributed by atoms with E-state index in [0.717, 1.165) is 40.1 Å². The van der Waals surface area contributed by atoms with Crippen molar-refractivity contribution in [1.82, 2.24) is 9.88 Å². The minimum absolute atomic E-state index is 0.0454. The zero-order valence-corrected chi connectivity index (χ0v) is 18.1. The maximum absolute atomic E-state index is 13.3. The Labute approximate surface area is 187 Å². The van der Waals surface area contributed by atoms with E-state index in [2.05, 4.69) is 28.5 Å². The Morgan fingerprint density at radius 1 is 1.12 bits per heavy atom. The van der Waals surface area contributed by atoms with Crippen molar-refractivity contribution in [2.45, 2.75) is 24.9 Å². The van der Waals surface area contributed by atoms with Crippen LogP contribution in [0, 0.1) is 5.92 Å². The van der Waals surface area contributed by atoms with E-state index >= 15 is 0 Å². The SMILES string of the molecule is COc1ccc(-c2ccc3c(c2)[C@@H]2[C@@H](CCN2C(=O)Cc2ccncc2)[C@@H](CO)N3)cc1. The maximum Gasteiger partial charge on any atom is 0.227 e. The van der Waals surface area contributed by atoms with Gasteiger partial charge in [0.2, 0.25) is 5.91 Å². The van der Waals surface area contributed by atoms with Crippen LogP contribution in [0.2, 0.25) is 0 Å². The van der Waals surface area contributed by atoms with Crippen molar-refractivity contribution in [3.8, 4) is 16.9 Å². The smallest absolute Gasteiger partial charge is 0.227 e. The first-order valence-electron chi connectivity index (χ1n) is 11.0. The standard InChI is InChI=1S/C26H27N3O3/c1-32-20-5-2-18(3-6-20)19-4-7-23-22(15-19)26-21(24(16-30)28-23)10-13-29(26)25(31)14-17-8-11-27-12-9-17/h2-9,11-12,15,21,24,26,28,30H,10,13-14,16H2,1H3/t21-,24+,26-/m0/s1. The number of methoxy groups -OCH3 is 1. The molecule has 0 aliphatic carbocycles. The lowest BCUT2D eigenvalue weighted by molar-refractivity contribution is -0.131. The summed E-state index contributed by atoms with van der Waals surface area (Å²) in [4.78, 5) is 19.4. The van der Waals surface area contributed by atoms with Gasteiger partial charge in [0, 0.05) is 30.5 Å². The Morgan fingerprint density at radius 2 is 1.88 bits per heavy atom. The van der Waals surface area contributed by atoms with Crippen LogP contribution in [0.3, 0.4) is 0 Å². The van der Waals surface area contributed by atoms with Crippen LogP contribution in [0.4, 0.5) is 5.69 Å². The van der Waals surface area contributed by atoms with Gasteiger partial charge in [-0.15, -0.1) is 0 Å². The van der Waals surface area contributed by atoms with Crippen molar-refractivity contribution in [3.63, 3.8) is 0 Å². The number of nitrogens with one attached hydrogen (secondary N) is 1. The Hall–Kier alpha value is -3.38. The third-order valence-electron chi connectivity index (χ3n) is 6.72. The van der Waals surface area contributed by atoms with Crippen LogP contribution in [0.1, 0.15) is 23.6 Å². The van der Waals surface area contributed by atoms with Crippen LogP contribution < -0.4 is 10.1 Å². The molecule has 6 nitrogen and oxygen atoms in total. The third kappa shape index (κ3) is 3.71. The molecule has 2 aliphatic heterocycles. The number of benzene rings is 2. The highest BCUT2D eigenvalue weighted by atomic mass is 16.5. The molecule has 0 unspecified atom stereocenters. The number of hydrogen-bond acceptors (Lipinski definition) is 5. The quantitative estimate of drug-likeness (QED) is 0.647. The van der Waals surface area contributed by atoms with E-state index in [1.807, 2.05) is 41.3 Å². The first kappa shape index (κ1) is 20.5. The highest BCUT2D eigenvalue weighted by Gasteiger charge is 2.45. The van der Waals surface area contributed by atoms with Crippen molar-refractivity contribution < 1.29 is 14.6 Å². The van der Waals surface area contributed by atoms with Gasteiger partial charge in [-0.05, 0) is 65.1 Å². The maximum atomic E-state index is 13.3. The second kappa shape index (κ2) is 8.63. The van der Waals surface area contributed by atoms with E-state index < -0.39 is 0 Å². The molecule has 3 heterocycles. The normalized spacial score (nSPS) is 21.4. The molecule has 0 radical (unpaired) electrons. The number of fused-ring (bicyclic) bond motifs is 3. The number of aliphatic hydroxyl groups excluding tert-OH is 1. The third-order valence-corrected chi connectivity index (χ3v) is 6.72. The zero-order chi connectivity index (χ0) is 22.1. The second-order valence-electron chi connectivity index (χ2n) is 8.48. The van der Waals surface area contributed by atoms with Crippen molar-refractivity contribution in [3.05, 3.63) is 78.1 Å². The van der Waals surface area contributed by atoms with Gasteiger partial charge in [-0.3, -0.25) is 9.78 Å². The summed E-state index contributed by atoms with van der Waals surface area (Å²) < 4.78 is 5.28. The van der Waals surface area contributed by atoms with Gasteiger partial charge in [-0.1, -0.05) is 18.2 Å². The number of aromatic nitrogens is 1. The fraction of sp³-hybridized carbons (Fsp3) is 0.308. The van der Waals surface area contributed by atoms with E-state index in [0.29, 0.717) is 13.0 Å². The first-order valence-corrected chi connectivity index (χ1v) is 11.0. The molecule has 1 fully saturated rings. The van der Waals surface area contributed by atoms with Crippen LogP contribution in [-0.2, 0) is 11.2 Å². The average Bonchev–Trinajstić information content (AvgIpc) is 3.30. The summed E-state index contributed by atoms with van der Waals surface area (Å²) in [7, 11) is 1.66. The highest BCUT2D eigenvalue weighted by Crippen LogP contribution is 2.47. The lowest BCUT2D eigenvalue weighted by Gasteiger charge is -2.39. The Bertz CT molecular complexity index is 1100. The van der Waals surface area contributed by atoms with E-state index in [9.17, 15) is 9.90 Å². The number of nitrogens with zero attached hydrogens (tertiary/aromatic N) is 2. The number of ether oxygens (including phenoxy) is 1. The van der Waals surface area contributed by atoms with Gasteiger partial charge in [0.05, 0.1) is 32.2 Å². The summed E-state index contributed by atoms with van der Waals surface area (Å²) in [5.41, 5.74) is 5.28. The van der Waals surface area contributed by atoms with Crippen molar-refractivity contribution in [2.75, 3.05) is 25.6 Å². The summed E-state index contributed by atoms with van der Waals surface area (Å²) in [6.45, 7) is 0.747. The number of carbonyl (C=O) groups excluding carboxylic acids is 1. The predicted molar refractivity (Wildman–Crippen MR) is 123 cm³/mol. The number of aliphatic hydroxyl groups is 1. The molecule has 0 saturated carbocycles. The van der Waals surface area contributed by atoms with E-state index in [4.69, 9.17) is 4.74 Å². The van der Waals surface area contributed by atoms with E-state index in [1.54, 1.807) is 19.5 Å². The number of carbonyl (C=O) groups is 1. The van der Waals surface area contributed by atoms with Gasteiger partial charge in [0.1, 0.15) is 5.75 Å². The van der Waals surface area contributed by atoms with Crippen LogP contribution in [0.5, 0.6) is 5.75 Å². The van der Waals surface area contributed by atoms with Crippen LogP contribution in [0.15, 0.2) is 67.0 Å². The minimum atomic E-state index is -0.0574. The zero-order valence-electron chi connectivity index (χ0n) is 18.1. The molecule has 2 aliphatic rings. The summed E-state index contributed by atoms with van der Waals surface area (Å²) in [5.74, 6) is 1.12. The number of anilines is 1. The van der Waals surface area contributed by atoms with Crippen molar-refractivity contribution >= 4 is 11.6 Å². The molecule has 6 heteroatoms. The molecule has 3 atom stereocenters. The molecule has 1 saturated heterocycles. The monoisotopic (exact) mass is 429 g/mol. The first-order chi connectivity index (χ1) is 15.7. The predicted octanol–water partition coefficient (Wildman–Crippen LogP) is 3.68. The van der Waals surface area contributed by atoms with Crippen LogP contribution in [-0.4, -0.2) is 47.2 Å². The van der Waals surface area contributed by atoms with Gasteiger partial charge >= 0.3 is 0 Å². The number of rotatable bonds is 5. The van der Waals surface area contributed by atoms with E-state index in [-0.39, 0.29) is 30.5 Å². The second-order valence-corrected chi connectivity index (χ2v) is 8.48. The lowest BCUT2D eigenvalue weighted by atomic mass is 9.82. The Kier molecular flexibility index (Phi) is 5.53. The molecular formula is C26H27N3O3. The fourth-order valence-electron chi connectivity index (χ4n) is 5.08. The number of amides is 1. The Morgan fingerprint density at radius 3 is 2.59 bits per heavy atom. The summed E-state index contributed by atoms with van der Waals surface area (Å²) >= 11 is 0. The number of likely N-dealkylation sites (tertiary alicyclic amines) is 1. The average molecular weight is 430 g/mol. The Balaban J connectivity index is 1.49. The molecule has 1 amide bonds. The molecule has 164 valence electrons. The topological polar surface area (TPSA) is 74.7 Å². The molecule has 5 rings (SSSR count). The van der Waals surface area contributed by atoms with Gasteiger partial charge in [0.15, 0.2) is 0 Å². The molecular weight excluding hydrogens is 402 g/mol. The molecule has 0 spiro atoms. The van der Waals surface area contributed by atoms with Gasteiger partial charge in [0.25, 0.3) is 0 Å². The molecule has 2 N–H and O–H groups in total. The molecule has 0 bridgehead atoms. The molecule has 32 heavy (non-hydrogen) atoms. The van der Waals surface area contributed by atoms with Crippen molar-refractivity contribution in [1.29, 1.82) is 0 Å². The molecule has 1 aromatic heterocycles. The largest absolute Gasteiger partial charge is 0.497 e. The molecule has 2 aromatic carbocycles. The lowest BCUT2D eigenvalue weighted by Crippen LogP contribution is -2.43. The van der Waals surface area contributed by atoms with Crippen LogP contribution in [0.25, 0.3) is 11.1 Å². The highest BCUT2D eigenvalue weighted by molar-refractivity contribution is 5.81. The van der Waals surface area contributed by atoms with Gasteiger partial charge in [-0.25, -0.2) is 0 Å². The molecule has 3 aromatic rings. The van der Waals surface area contributed by atoms with Gasteiger partial charge < -0.3 is 20.1 Å². The van der Waals surface area contributed by atoms with Crippen LogP contribution >= 0.6 is 0 Å². The van der Waals surface area contributed by atoms with Gasteiger partial charge in [-0.2, -0.15) is 0 Å². The number of hydrogen-bond donors (Lipinski definition) is 2. The summed E-state index contributed by atoms with van der Waals surface area (Å²) in [5, 5.41) is 13.5. The summed E-state index contributed by atoms with van der Waals surface area (Å²) in [6, 6.07) is 18.0. The van der Waals surface area contributed by atoms with Crippen molar-refractivity contribution in [2.24, 2.45) is 5.92 Å². The fourth-order valence-corrected chi connectivity index (χ4v) is 5.08. The summed E-state index contributed by atoms with van der Waals surface area (Å²) in [6.07, 6.45) is 4.67. The minimum Gasteiger partial charge on any atom is -0.497 e. The van der Waals surface area contributed by atoms with E-state index in [1.165, 1.54) is 0 Å². The number of pyridine rings is 1.